The zero-order valence-corrected chi connectivity index (χ0v) is 12.1. The minimum atomic E-state index is -0.0180. The molecule has 2 heteroatoms. The lowest BCUT2D eigenvalue weighted by Crippen LogP contribution is -2.35. The predicted molar refractivity (Wildman–Crippen MR) is 72.0 cm³/mol. The van der Waals surface area contributed by atoms with Crippen LogP contribution < -0.4 is 0 Å². The zero-order valence-electron chi connectivity index (χ0n) is 12.1. The Hall–Kier alpha value is -0.920. The SMILES string of the molecule is CC1(C)CCC2=C(O1)C1=C(OCCC1)C(C)(C)C2. The van der Waals surface area contributed by atoms with Crippen LogP contribution in [0, 0.1) is 5.41 Å². The Kier molecular flexibility index (Phi) is 2.55. The zero-order chi connectivity index (χ0) is 13.0. The minimum Gasteiger partial charge on any atom is -0.497 e. The third kappa shape index (κ3) is 1.86. The maximum absolute atomic E-state index is 6.28. The van der Waals surface area contributed by atoms with Gasteiger partial charge in [-0.1, -0.05) is 13.8 Å². The molecule has 0 aromatic heterocycles. The molecule has 3 rings (SSSR count). The molecule has 2 nitrogen and oxygen atoms in total. The summed E-state index contributed by atoms with van der Waals surface area (Å²) in [6.45, 7) is 9.86. The molecule has 18 heavy (non-hydrogen) atoms. The fraction of sp³-hybridized carbons (Fsp3) is 0.750. The van der Waals surface area contributed by atoms with Crippen LogP contribution in [0.2, 0.25) is 0 Å². The van der Waals surface area contributed by atoms with E-state index >= 15 is 0 Å². The van der Waals surface area contributed by atoms with Crippen molar-refractivity contribution in [3.63, 3.8) is 0 Å². The van der Waals surface area contributed by atoms with Crippen molar-refractivity contribution in [2.24, 2.45) is 5.41 Å². The number of hydrogen-bond donors (Lipinski definition) is 0. The van der Waals surface area contributed by atoms with Crippen LogP contribution in [0.1, 0.15) is 59.8 Å². The second kappa shape index (κ2) is 3.79. The molecule has 0 atom stereocenters. The molecule has 100 valence electrons. The van der Waals surface area contributed by atoms with Gasteiger partial charge in [0.05, 0.1) is 6.61 Å². The third-order valence-electron chi connectivity index (χ3n) is 4.36. The first-order chi connectivity index (χ1) is 8.39. The molecule has 0 amide bonds. The summed E-state index contributed by atoms with van der Waals surface area (Å²) in [5.74, 6) is 2.38. The van der Waals surface area contributed by atoms with E-state index in [0.29, 0.717) is 0 Å². The summed E-state index contributed by atoms with van der Waals surface area (Å²) < 4.78 is 12.3. The van der Waals surface area contributed by atoms with Crippen molar-refractivity contribution in [1.82, 2.24) is 0 Å². The average molecular weight is 248 g/mol. The van der Waals surface area contributed by atoms with Crippen LogP contribution in [0.15, 0.2) is 22.7 Å². The van der Waals surface area contributed by atoms with Crippen molar-refractivity contribution < 1.29 is 9.47 Å². The topological polar surface area (TPSA) is 18.5 Å². The number of allylic oxidation sites excluding steroid dienone is 3. The lowest BCUT2D eigenvalue weighted by Gasteiger charge is -2.44. The number of fused-ring (bicyclic) bond motifs is 1. The van der Waals surface area contributed by atoms with Crippen LogP contribution in [0.3, 0.4) is 0 Å². The quantitative estimate of drug-likeness (QED) is 0.635. The standard InChI is InChI=1S/C16H24O2/c1-15(2)10-11-7-8-16(3,4)18-13(11)12-6-5-9-17-14(12)15/h5-10H2,1-4H3. The molecule has 0 radical (unpaired) electrons. The third-order valence-corrected chi connectivity index (χ3v) is 4.36. The molecule has 0 saturated heterocycles. The van der Waals surface area contributed by atoms with Crippen molar-refractivity contribution >= 4 is 0 Å². The molecule has 0 aromatic carbocycles. The Balaban J connectivity index is 2.06. The predicted octanol–water partition coefficient (Wildman–Crippen LogP) is 4.32. The van der Waals surface area contributed by atoms with Gasteiger partial charge in [-0.2, -0.15) is 0 Å². The molecule has 0 bridgehead atoms. The van der Waals surface area contributed by atoms with Crippen molar-refractivity contribution in [2.45, 2.75) is 65.4 Å². The summed E-state index contributed by atoms with van der Waals surface area (Å²) in [7, 11) is 0. The van der Waals surface area contributed by atoms with E-state index in [0.717, 1.165) is 32.3 Å². The van der Waals surface area contributed by atoms with Gasteiger partial charge in [0.1, 0.15) is 17.1 Å². The number of hydrogen-bond acceptors (Lipinski definition) is 2. The lowest BCUT2D eigenvalue weighted by atomic mass is 9.72. The van der Waals surface area contributed by atoms with Crippen LogP contribution in [-0.2, 0) is 9.47 Å². The molecule has 0 unspecified atom stereocenters. The molecule has 2 heterocycles. The first kappa shape index (κ1) is 12.1. The monoisotopic (exact) mass is 248 g/mol. The molecule has 0 aromatic rings. The van der Waals surface area contributed by atoms with Gasteiger partial charge in [-0.15, -0.1) is 0 Å². The number of rotatable bonds is 0. The Morgan fingerprint density at radius 3 is 2.61 bits per heavy atom. The van der Waals surface area contributed by atoms with Crippen molar-refractivity contribution in [2.75, 3.05) is 6.61 Å². The van der Waals surface area contributed by atoms with E-state index in [9.17, 15) is 0 Å². The van der Waals surface area contributed by atoms with Gasteiger partial charge in [0, 0.05) is 11.0 Å². The Morgan fingerprint density at radius 1 is 1.06 bits per heavy atom. The summed E-state index contributed by atoms with van der Waals surface area (Å²) in [6.07, 6.45) is 5.65. The van der Waals surface area contributed by atoms with E-state index in [1.54, 1.807) is 0 Å². The van der Waals surface area contributed by atoms with E-state index < -0.39 is 0 Å². The maximum Gasteiger partial charge on any atom is 0.125 e. The normalized spacial score (nSPS) is 29.1. The molecule has 0 spiro atoms. The highest BCUT2D eigenvalue weighted by Gasteiger charge is 2.42. The van der Waals surface area contributed by atoms with E-state index in [2.05, 4.69) is 27.7 Å². The summed E-state index contributed by atoms with van der Waals surface area (Å²) in [5, 5.41) is 0. The molecular weight excluding hydrogens is 224 g/mol. The Bertz CT molecular complexity index is 438. The maximum atomic E-state index is 6.28. The van der Waals surface area contributed by atoms with Crippen molar-refractivity contribution in [3.8, 4) is 0 Å². The molecule has 0 N–H and O–H groups in total. The van der Waals surface area contributed by atoms with E-state index in [4.69, 9.17) is 9.47 Å². The molecule has 3 aliphatic rings. The van der Waals surface area contributed by atoms with Gasteiger partial charge in [-0.05, 0) is 51.5 Å². The first-order valence-corrected chi connectivity index (χ1v) is 7.17. The highest BCUT2D eigenvalue weighted by Crippen LogP contribution is 2.51. The van der Waals surface area contributed by atoms with Crippen molar-refractivity contribution in [3.05, 3.63) is 22.7 Å². The van der Waals surface area contributed by atoms with E-state index in [1.807, 2.05) is 0 Å². The van der Waals surface area contributed by atoms with Gasteiger partial charge in [-0.3, -0.25) is 0 Å². The highest BCUT2D eigenvalue weighted by atomic mass is 16.5. The van der Waals surface area contributed by atoms with Crippen LogP contribution in [-0.4, -0.2) is 12.2 Å². The number of ether oxygens (including phenoxy) is 2. The van der Waals surface area contributed by atoms with Crippen molar-refractivity contribution in [1.29, 1.82) is 0 Å². The van der Waals surface area contributed by atoms with Gasteiger partial charge in [-0.25, -0.2) is 0 Å². The second-order valence-corrected chi connectivity index (χ2v) is 7.11. The summed E-state index contributed by atoms with van der Waals surface area (Å²) in [5.41, 5.74) is 3.01. The summed E-state index contributed by atoms with van der Waals surface area (Å²) >= 11 is 0. The van der Waals surface area contributed by atoms with E-state index in [1.165, 1.54) is 29.1 Å². The van der Waals surface area contributed by atoms with Crippen LogP contribution in [0.4, 0.5) is 0 Å². The van der Waals surface area contributed by atoms with Crippen LogP contribution in [0.25, 0.3) is 0 Å². The van der Waals surface area contributed by atoms with Gasteiger partial charge in [0.15, 0.2) is 0 Å². The Morgan fingerprint density at radius 2 is 1.83 bits per heavy atom. The molecule has 0 fully saturated rings. The fourth-order valence-electron chi connectivity index (χ4n) is 3.47. The highest BCUT2D eigenvalue weighted by molar-refractivity contribution is 5.42. The molecule has 2 aliphatic heterocycles. The van der Waals surface area contributed by atoms with Gasteiger partial charge in [0.2, 0.25) is 0 Å². The molecule has 0 saturated carbocycles. The fourth-order valence-corrected chi connectivity index (χ4v) is 3.47. The molecular formula is C16H24O2. The Labute approximate surface area is 110 Å². The largest absolute Gasteiger partial charge is 0.497 e. The van der Waals surface area contributed by atoms with E-state index in [-0.39, 0.29) is 11.0 Å². The van der Waals surface area contributed by atoms with Crippen LogP contribution in [0.5, 0.6) is 0 Å². The van der Waals surface area contributed by atoms with Gasteiger partial charge < -0.3 is 9.47 Å². The molecule has 1 aliphatic carbocycles. The minimum absolute atomic E-state index is 0.0180. The van der Waals surface area contributed by atoms with Crippen LogP contribution >= 0.6 is 0 Å². The average Bonchev–Trinajstić information content (AvgIpc) is 2.30. The van der Waals surface area contributed by atoms with Gasteiger partial charge in [0.25, 0.3) is 0 Å². The second-order valence-electron chi connectivity index (χ2n) is 7.11. The first-order valence-electron chi connectivity index (χ1n) is 7.17. The lowest BCUT2D eigenvalue weighted by molar-refractivity contribution is 0.00357. The summed E-state index contributed by atoms with van der Waals surface area (Å²) in [4.78, 5) is 0. The smallest absolute Gasteiger partial charge is 0.125 e. The van der Waals surface area contributed by atoms with Gasteiger partial charge >= 0.3 is 0 Å². The summed E-state index contributed by atoms with van der Waals surface area (Å²) in [6, 6.07) is 0.